The van der Waals surface area contributed by atoms with Crippen LogP contribution in [0, 0.1) is 0 Å². The van der Waals surface area contributed by atoms with E-state index >= 15 is 0 Å². The van der Waals surface area contributed by atoms with Gasteiger partial charge in [0.15, 0.2) is 5.16 Å². The Bertz CT molecular complexity index is 1050. The molecule has 3 aromatic rings. The lowest BCUT2D eigenvalue weighted by atomic mass is 10.1. The van der Waals surface area contributed by atoms with Crippen LogP contribution in [0.2, 0.25) is 0 Å². The van der Waals surface area contributed by atoms with E-state index < -0.39 is 0 Å². The maximum absolute atomic E-state index is 12.9. The first-order valence-corrected chi connectivity index (χ1v) is 11.1. The van der Waals surface area contributed by atoms with Gasteiger partial charge in [-0.1, -0.05) is 49.0 Å². The van der Waals surface area contributed by atoms with E-state index in [2.05, 4.69) is 21.8 Å². The molecule has 1 aromatic heterocycles. The number of benzene rings is 2. The Balaban J connectivity index is 1.64. The van der Waals surface area contributed by atoms with Crippen LogP contribution >= 0.6 is 11.8 Å². The Kier molecular flexibility index (Phi) is 7.15. The minimum atomic E-state index is -0.354. The van der Waals surface area contributed by atoms with Crippen molar-refractivity contribution in [1.29, 1.82) is 0 Å². The SMILES string of the molecule is CCc1ccccc1NC(=O)CN(C)C(=O)C(C)Sc1nc2ccccc2n1CC. The molecule has 6 nitrogen and oxygen atoms in total. The molecule has 0 fully saturated rings. The third-order valence-corrected chi connectivity index (χ3v) is 6.07. The number of rotatable bonds is 8. The zero-order valence-electron chi connectivity index (χ0n) is 17.9. The van der Waals surface area contributed by atoms with Gasteiger partial charge in [0, 0.05) is 19.3 Å². The molecule has 0 aliphatic carbocycles. The standard InChI is InChI=1S/C23H28N4O2S/c1-5-17-11-7-8-12-18(17)24-21(28)15-26(4)22(29)16(3)30-23-25-19-13-9-10-14-20(19)27(23)6-2/h7-14,16H,5-6,15H2,1-4H3,(H,24,28). The van der Waals surface area contributed by atoms with Crippen LogP contribution in [-0.4, -0.2) is 45.1 Å². The molecule has 158 valence electrons. The van der Waals surface area contributed by atoms with Gasteiger partial charge in [0.05, 0.1) is 22.8 Å². The molecule has 0 saturated carbocycles. The Labute approximate surface area is 181 Å². The van der Waals surface area contributed by atoms with E-state index in [9.17, 15) is 9.59 Å². The number of amides is 2. The summed E-state index contributed by atoms with van der Waals surface area (Å²) in [5, 5.41) is 3.38. The van der Waals surface area contributed by atoms with Crippen molar-refractivity contribution >= 4 is 40.3 Å². The molecule has 3 rings (SSSR count). The second-order valence-electron chi connectivity index (χ2n) is 7.14. The van der Waals surface area contributed by atoms with Gasteiger partial charge in [0.25, 0.3) is 0 Å². The Morgan fingerprint density at radius 2 is 1.83 bits per heavy atom. The minimum Gasteiger partial charge on any atom is -0.335 e. The molecule has 1 atom stereocenters. The molecule has 0 radical (unpaired) electrons. The Morgan fingerprint density at radius 3 is 2.57 bits per heavy atom. The summed E-state index contributed by atoms with van der Waals surface area (Å²) in [6.45, 7) is 6.75. The van der Waals surface area contributed by atoms with Gasteiger partial charge >= 0.3 is 0 Å². The lowest BCUT2D eigenvalue weighted by Gasteiger charge is -2.21. The molecule has 2 aromatic carbocycles. The summed E-state index contributed by atoms with van der Waals surface area (Å²) in [6, 6.07) is 15.7. The number of likely N-dealkylation sites (N-methyl/N-ethyl adjacent to an activating group) is 1. The Morgan fingerprint density at radius 1 is 1.13 bits per heavy atom. The van der Waals surface area contributed by atoms with Crippen LogP contribution in [-0.2, 0) is 22.6 Å². The number of nitrogens with one attached hydrogen (secondary N) is 1. The van der Waals surface area contributed by atoms with Crippen LogP contribution < -0.4 is 5.32 Å². The quantitative estimate of drug-likeness (QED) is 0.551. The maximum Gasteiger partial charge on any atom is 0.243 e. The molecule has 0 spiro atoms. The first kappa shape index (κ1) is 21.9. The van der Waals surface area contributed by atoms with Gasteiger partial charge in [-0.15, -0.1) is 0 Å². The summed E-state index contributed by atoms with van der Waals surface area (Å²) in [6.07, 6.45) is 0.831. The third-order valence-electron chi connectivity index (χ3n) is 5.00. The van der Waals surface area contributed by atoms with Gasteiger partial charge in [-0.3, -0.25) is 9.59 Å². The molecule has 1 unspecified atom stereocenters. The van der Waals surface area contributed by atoms with E-state index in [0.29, 0.717) is 0 Å². The fourth-order valence-electron chi connectivity index (χ4n) is 3.40. The molecule has 7 heteroatoms. The summed E-state index contributed by atoms with van der Waals surface area (Å²) >= 11 is 1.42. The average molecular weight is 425 g/mol. The highest BCUT2D eigenvalue weighted by molar-refractivity contribution is 8.00. The molecule has 0 bridgehead atoms. The highest BCUT2D eigenvalue weighted by Crippen LogP contribution is 2.28. The number of fused-ring (bicyclic) bond motifs is 1. The van der Waals surface area contributed by atoms with Gasteiger partial charge < -0.3 is 14.8 Å². The highest BCUT2D eigenvalue weighted by Gasteiger charge is 2.23. The number of thioether (sulfide) groups is 1. The van der Waals surface area contributed by atoms with Crippen molar-refractivity contribution in [1.82, 2.24) is 14.5 Å². The van der Waals surface area contributed by atoms with E-state index in [1.165, 1.54) is 16.7 Å². The molecular weight excluding hydrogens is 396 g/mol. The monoisotopic (exact) mass is 424 g/mol. The molecule has 1 heterocycles. The number of aryl methyl sites for hydroxylation is 2. The molecule has 2 amide bonds. The summed E-state index contributed by atoms with van der Waals surface area (Å²) in [7, 11) is 1.66. The molecule has 0 saturated heterocycles. The fourth-order valence-corrected chi connectivity index (χ4v) is 4.50. The van der Waals surface area contributed by atoms with E-state index in [1.807, 2.05) is 62.4 Å². The van der Waals surface area contributed by atoms with Crippen molar-refractivity contribution < 1.29 is 9.59 Å². The lowest BCUT2D eigenvalue weighted by Crippen LogP contribution is -2.39. The van der Waals surface area contributed by atoms with Crippen LogP contribution in [0.3, 0.4) is 0 Å². The van der Waals surface area contributed by atoms with E-state index in [4.69, 9.17) is 0 Å². The summed E-state index contributed by atoms with van der Waals surface area (Å²) in [4.78, 5) is 31.5. The Hall–Kier alpha value is -2.80. The number of para-hydroxylation sites is 3. The summed E-state index contributed by atoms with van der Waals surface area (Å²) in [5.74, 6) is -0.307. The van der Waals surface area contributed by atoms with Crippen molar-refractivity contribution in [2.75, 3.05) is 18.9 Å². The number of nitrogens with zero attached hydrogens (tertiary/aromatic N) is 3. The zero-order valence-corrected chi connectivity index (χ0v) is 18.7. The van der Waals surface area contributed by atoms with Crippen molar-refractivity contribution in [2.24, 2.45) is 0 Å². The third kappa shape index (κ3) is 4.84. The number of carbonyl (C=O) groups excluding carboxylic acids is 2. The topological polar surface area (TPSA) is 67.2 Å². The zero-order chi connectivity index (χ0) is 21.7. The van der Waals surface area contributed by atoms with Crippen molar-refractivity contribution in [3.05, 3.63) is 54.1 Å². The molecule has 1 N–H and O–H groups in total. The van der Waals surface area contributed by atoms with Crippen LogP contribution in [0.4, 0.5) is 5.69 Å². The second-order valence-corrected chi connectivity index (χ2v) is 8.45. The smallest absolute Gasteiger partial charge is 0.243 e. The van der Waals surface area contributed by atoms with Gasteiger partial charge in [-0.2, -0.15) is 0 Å². The molecular formula is C23H28N4O2S. The van der Waals surface area contributed by atoms with Crippen LogP contribution in [0.25, 0.3) is 11.0 Å². The fraction of sp³-hybridized carbons (Fsp3) is 0.348. The number of carbonyl (C=O) groups is 2. The molecule has 0 aliphatic rings. The van der Waals surface area contributed by atoms with E-state index in [-0.39, 0.29) is 23.6 Å². The highest BCUT2D eigenvalue weighted by atomic mass is 32.2. The number of hydrogen-bond donors (Lipinski definition) is 1. The van der Waals surface area contributed by atoms with Crippen LogP contribution in [0.15, 0.2) is 53.7 Å². The number of imidazole rings is 1. The molecule has 0 aliphatic heterocycles. The number of aromatic nitrogens is 2. The van der Waals surface area contributed by atoms with E-state index in [1.54, 1.807) is 7.05 Å². The predicted octanol–water partition coefficient (Wildman–Crippen LogP) is 4.20. The second kappa shape index (κ2) is 9.80. The largest absolute Gasteiger partial charge is 0.335 e. The number of anilines is 1. The van der Waals surface area contributed by atoms with Gasteiger partial charge in [-0.25, -0.2) is 4.98 Å². The van der Waals surface area contributed by atoms with Gasteiger partial charge in [0.2, 0.25) is 11.8 Å². The summed E-state index contributed by atoms with van der Waals surface area (Å²) < 4.78 is 2.11. The van der Waals surface area contributed by atoms with Crippen LogP contribution in [0.5, 0.6) is 0 Å². The van der Waals surface area contributed by atoms with Crippen LogP contribution in [0.1, 0.15) is 26.3 Å². The first-order valence-electron chi connectivity index (χ1n) is 10.2. The van der Waals surface area contributed by atoms with Crippen molar-refractivity contribution in [3.8, 4) is 0 Å². The first-order chi connectivity index (χ1) is 14.4. The van der Waals surface area contributed by atoms with Gasteiger partial charge in [-0.05, 0) is 44.0 Å². The van der Waals surface area contributed by atoms with Crippen molar-refractivity contribution in [3.63, 3.8) is 0 Å². The minimum absolute atomic E-state index is 0.00593. The normalized spacial score (nSPS) is 12.0. The van der Waals surface area contributed by atoms with Gasteiger partial charge in [0.1, 0.15) is 0 Å². The lowest BCUT2D eigenvalue weighted by molar-refractivity contribution is -0.132. The van der Waals surface area contributed by atoms with E-state index in [0.717, 1.165) is 40.4 Å². The average Bonchev–Trinajstić information content (AvgIpc) is 3.10. The number of hydrogen-bond acceptors (Lipinski definition) is 4. The predicted molar refractivity (Wildman–Crippen MR) is 123 cm³/mol. The molecule has 30 heavy (non-hydrogen) atoms. The summed E-state index contributed by atoms with van der Waals surface area (Å²) in [5.41, 5.74) is 3.85. The maximum atomic E-state index is 12.9. The van der Waals surface area contributed by atoms with Crippen molar-refractivity contribution in [2.45, 2.75) is 44.1 Å².